The van der Waals surface area contributed by atoms with Gasteiger partial charge in [-0.2, -0.15) is 10.2 Å². The lowest BCUT2D eigenvalue weighted by molar-refractivity contribution is -0.121. The largest absolute Gasteiger partial charge is 0.324 e. The Morgan fingerprint density at radius 2 is 2.00 bits per heavy atom. The molecule has 5 rings (SSSR count). The first-order valence-electron chi connectivity index (χ1n) is 9.73. The molecule has 0 radical (unpaired) electrons. The molecule has 1 saturated heterocycles. The number of aromatic nitrogens is 5. The van der Waals surface area contributed by atoms with Crippen molar-refractivity contribution in [3.8, 4) is 10.4 Å². The van der Waals surface area contributed by atoms with Crippen LogP contribution in [-0.4, -0.2) is 49.3 Å². The van der Waals surface area contributed by atoms with Crippen LogP contribution in [0.2, 0.25) is 0 Å². The molecule has 0 atom stereocenters. The topological polar surface area (TPSA) is 118 Å². The van der Waals surface area contributed by atoms with Crippen molar-refractivity contribution in [3.63, 3.8) is 0 Å². The zero-order valence-electron chi connectivity index (χ0n) is 16.9. The van der Waals surface area contributed by atoms with Gasteiger partial charge in [0.1, 0.15) is 4.83 Å². The van der Waals surface area contributed by atoms with Gasteiger partial charge in [-0.25, -0.2) is 4.52 Å². The zero-order chi connectivity index (χ0) is 21.5. The first-order valence-corrected chi connectivity index (χ1v) is 10.6. The Bertz CT molecular complexity index is 1300. The van der Waals surface area contributed by atoms with E-state index in [0.717, 1.165) is 15.3 Å². The normalized spacial score (nSPS) is 13.9. The molecule has 2 amide bonds. The number of thiazole rings is 1. The smallest absolute Gasteiger partial charge is 0.260 e. The van der Waals surface area contributed by atoms with Gasteiger partial charge in [0.05, 0.1) is 52.0 Å². The lowest BCUT2D eigenvalue weighted by atomic mass is 10.0. The van der Waals surface area contributed by atoms with E-state index in [1.807, 2.05) is 19.4 Å². The quantitative estimate of drug-likeness (QED) is 0.440. The zero-order valence-corrected chi connectivity index (χ0v) is 17.7. The van der Waals surface area contributed by atoms with Gasteiger partial charge in [0.15, 0.2) is 0 Å². The number of fused-ring (bicyclic) bond motifs is 1. The predicted octanol–water partition coefficient (Wildman–Crippen LogP) is 1.91. The third-order valence-electron chi connectivity index (χ3n) is 5.18. The van der Waals surface area contributed by atoms with E-state index in [1.165, 1.54) is 11.3 Å². The van der Waals surface area contributed by atoms with E-state index in [-0.39, 0.29) is 17.7 Å². The van der Waals surface area contributed by atoms with Crippen LogP contribution in [0.3, 0.4) is 0 Å². The van der Waals surface area contributed by atoms with Crippen LogP contribution >= 0.6 is 11.3 Å². The summed E-state index contributed by atoms with van der Waals surface area (Å²) in [4.78, 5) is 31.2. The average molecular weight is 437 g/mol. The molecule has 0 spiro atoms. The van der Waals surface area contributed by atoms with Crippen LogP contribution in [0.15, 0.2) is 37.1 Å². The molecule has 1 aliphatic heterocycles. The lowest BCUT2D eigenvalue weighted by Crippen LogP contribution is -2.48. The molecule has 0 bridgehead atoms. The molecule has 10 nitrogen and oxygen atoms in total. The van der Waals surface area contributed by atoms with E-state index in [2.05, 4.69) is 31.1 Å². The fraction of sp³-hybridized carbons (Fsp3) is 0.250. The number of anilines is 2. The van der Waals surface area contributed by atoms with Crippen LogP contribution < -0.4 is 16.0 Å². The first kappa shape index (κ1) is 19.4. The number of rotatable bonds is 5. The summed E-state index contributed by atoms with van der Waals surface area (Å²) in [7, 11) is 1.86. The maximum absolute atomic E-state index is 13.0. The number of aryl methyl sites for hydroxylation is 2. The monoisotopic (exact) mass is 436 g/mol. The standard InChI is InChI=1S/C20H20N8O2S/c1-11-16(3-14(7-22-11)25-18(29)12-4-21-5-12)26-19(30)15-8-24-28-10-17(31-20(15)28)13-6-23-27(2)9-13/h3,6-10,12,21H,4-5H2,1-2H3,(H,25,29)(H,26,30). The van der Waals surface area contributed by atoms with Crippen molar-refractivity contribution in [2.45, 2.75) is 6.92 Å². The molecule has 0 aromatic carbocycles. The molecular formula is C20H20N8O2S. The summed E-state index contributed by atoms with van der Waals surface area (Å²) in [6, 6.07) is 1.72. The number of nitrogens with one attached hydrogen (secondary N) is 3. The van der Waals surface area contributed by atoms with Gasteiger partial charge in [0, 0.05) is 38.1 Å². The molecule has 0 aliphatic carbocycles. The molecule has 158 valence electrons. The summed E-state index contributed by atoms with van der Waals surface area (Å²) in [5, 5.41) is 17.3. The highest BCUT2D eigenvalue weighted by atomic mass is 32.1. The molecule has 31 heavy (non-hydrogen) atoms. The van der Waals surface area contributed by atoms with Crippen molar-refractivity contribution in [2.75, 3.05) is 23.7 Å². The Hall–Kier alpha value is -3.57. The molecule has 0 saturated carbocycles. The summed E-state index contributed by atoms with van der Waals surface area (Å²) in [6.45, 7) is 3.15. The molecule has 1 fully saturated rings. The van der Waals surface area contributed by atoms with Gasteiger partial charge in [-0.1, -0.05) is 0 Å². The molecule has 0 unspecified atom stereocenters. The molecule has 4 aromatic rings. The summed E-state index contributed by atoms with van der Waals surface area (Å²) >= 11 is 1.47. The Morgan fingerprint density at radius 3 is 2.71 bits per heavy atom. The van der Waals surface area contributed by atoms with E-state index >= 15 is 0 Å². The van der Waals surface area contributed by atoms with Crippen LogP contribution in [0.25, 0.3) is 15.3 Å². The highest BCUT2D eigenvalue weighted by molar-refractivity contribution is 7.21. The fourth-order valence-electron chi connectivity index (χ4n) is 3.26. The van der Waals surface area contributed by atoms with Gasteiger partial charge in [-0.15, -0.1) is 11.3 Å². The third-order valence-corrected chi connectivity index (χ3v) is 6.35. The van der Waals surface area contributed by atoms with Crippen molar-refractivity contribution >= 4 is 39.4 Å². The Balaban J connectivity index is 1.37. The second-order valence-electron chi connectivity index (χ2n) is 7.46. The first-order chi connectivity index (χ1) is 15.0. The van der Waals surface area contributed by atoms with Gasteiger partial charge in [0.25, 0.3) is 5.91 Å². The van der Waals surface area contributed by atoms with E-state index in [0.29, 0.717) is 35.7 Å². The van der Waals surface area contributed by atoms with E-state index in [1.54, 1.807) is 40.8 Å². The van der Waals surface area contributed by atoms with Crippen LogP contribution in [0, 0.1) is 12.8 Å². The SMILES string of the molecule is Cc1ncc(NC(=O)C2CNC2)cc1NC(=O)c1cnn2cc(-c3cnn(C)c3)sc12. The Labute approximate surface area is 181 Å². The van der Waals surface area contributed by atoms with E-state index in [4.69, 9.17) is 0 Å². The lowest BCUT2D eigenvalue weighted by Gasteiger charge is -2.25. The molecule has 4 aromatic heterocycles. The minimum atomic E-state index is -0.286. The van der Waals surface area contributed by atoms with Crippen LogP contribution in [0.4, 0.5) is 11.4 Å². The number of hydrogen-bond donors (Lipinski definition) is 3. The number of carbonyl (C=O) groups is 2. The maximum Gasteiger partial charge on any atom is 0.260 e. The van der Waals surface area contributed by atoms with E-state index in [9.17, 15) is 9.59 Å². The highest BCUT2D eigenvalue weighted by Crippen LogP contribution is 2.30. The van der Waals surface area contributed by atoms with Gasteiger partial charge >= 0.3 is 0 Å². The van der Waals surface area contributed by atoms with Crippen LogP contribution in [0.1, 0.15) is 16.1 Å². The van der Waals surface area contributed by atoms with Gasteiger partial charge in [-0.05, 0) is 13.0 Å². The van der Waals surface area contributed by atoms with Crippen molar-refractivity contribution in [2.24, 2.45) is 13.0 Å². The highest BCUT2D eigenvalue weighted by Gasteiger charge is 2.25. The van der Waals surface area contributed by atoms with Crippen LogP contribution in [0.5, 0.6) is 0 Å². The number of hydrogen-bond acceptors (Lipinski definition) is 7. The van der Waals surface area contributed by atoms with Crippen molar-refractivity contribution in [3.05, 3.63) is 48.3 Å². The van der Waals surface area contributed by atoms with Gasteiger partial charge in [-0.3, -0.25) is 19.3 Å². The van der Waals surface area contributed by atoms with Gasteiger partial charge < -0.3 is 16.0 Å². The van der Waals surface area contributed by atoms with Crippen molar-refractivity contribution < 1.29 is 9.59 Å². The summed E-state index contributed by atoms with van der Waals surface area (Å²) in [6.07, 6.45) is 8.71. The molecule has 11 heteroatoms. The summed E-state index contributed by atoms with van der Waals surface area (Å²) in [5.41, 5.74) is 3.18. The Kier molecular flexibility index (Phi) is 4.75. The second-order valence-corrected chi connectivity index (χ2v) is 8.49. The molecule has 3 N–H and O–H groups in total. The maximum atomic E-state index is 13.0. The van der Waals surface area contributed by atoms with E-state index < -0.39 is 0 Å². The minimum absolute atomic E-state index is 0.0344. The second kappa shape index (κ2) is 7.60. The van der Waals surface area contributed by atoms with Crippen molar-refractivity contribution in [1.82, 2.24) is 29.7 Å². The molecule has 5 heterocycles. The summed E-state index contributed by atoms with van der Waals surface area (Å²) in [5.74, 6) is -0.374. The summed E-state index contributed by atoms with van der Waals surface area (Å²) < 4.78 is 3.42. The number of carbonyl (C=O) groups excluding carboxylic acids is 2. The number of nitrogens with zero attached hydrogens (tertiary/aromatic N) is 5. The van der Waals surface area contributed by atoms with Crippen LogP contribution in [-0.2, 0) is 11.8 Å². The fourth-order valence-corrected chi connectivity index (χ4v) is 4.29. The van der Waals surface area contributed by atoms with Gasteiger partial charge in [0.2, 0.25) is 5.91 Å². The molecular weight excluding hydrogens is 416 g/mol. The predicted molar refractivity (Wildman–Crippen MR) is 117 cm³/mol. The number of amides is 2. The third kappa shape index (κ3) is 3.68. The minimum Gasteiger partial charge on any atom is -0.324 e. The molecule has 1 aliphatic rings. The average Bonchev–Trinajstić information content (AvgIpc) is 3.38. The number of pyridine rings is 1. The Morgan fingerprint density at radius 1 is 1.16 bits per heavy atom. The van der Waals surface area contributed by atoms with Crippen molar-refractivity contribution in [1.29, 1.82) is 0 Å².